The van der Waals surface area contributed by atoms with Gasteiger partial charge in [0.2, 0.25) is 0 Å². The lowest BCUT2D eigenvalue weighted by Crippen LogP contribution is -2.26. The van der Waals surface area contributed by atoms with E-state index in [1.165, 1.54) is 41.4 Å². The fraction of sp³-hybridized carbons (Fsp3) is 0.571. The lowest BCUT2D eigenvalue weighted by molar-refractivity contribution is 0.439. The van der Waals surface area contributed by atoms with Crippen molar-refractivity contribution < 1.29 is 0 Å². The summed E-state index contributed by atoms with van der Waals surface area (Å²) in [5.41, 5.74) is 2.59. The van der Waals surface area contributed by atoms with Gasteiger partial charge in [0.25, 0.3) is 0 Å². The molecule has 2 aliphatic rings. The first kappa shape index (κ1) is 10.6. The van der Waals surface area contributed by atoms with Crippen molar-refractivity contribution in [1.29, 1.82) is 0 Å². The van der Waals surface area contributed by atoms with E-state index in [4.69, 9.17) is 0 Å². The highest BCUT2D eigenvalue weighted by molar-refractivity contribution is 9.10. The van der Waals surface area contributed by atoms with Gasteiger partial charge in [-0.2, -0.15) is 0 Å². The Balaban J connectivity index is 1.77. The van der Waals surface area contributed by atoms with Crippen molar-refractivity contribution in [3.8, 4) is 0 Å². The zero-order chi connectivity index (χ0) is 11.1. The minimum atomic E-state index is 0.719. The Morgan fingerprint density at radius 1 is 1.25 bits per heavy atom. The van der Waals surface area contributed by atoms with Crippen LogP contribution < -0.4 is 5.32 Å². The van der Waals surface area contributed by atoms with Crippen LogP contribution in [0.2, 0.25) is 0 Å². The van der Waals surface area contributed by atoms with Crippen molar-refractivity contribution in [3.05, 3.63) is 28.2 Å². The number of hydrogen-bond acceptors (Lipinski definition) is 1. The molecule has 2 fully saturated rings. The molecule has 3 rings (SSSR count). The third-order valence-corrected chi connectivity index (χ3v) is 5.32. The van der Waals surface area contributed by atoms with Crippen LogP contribution >= 0.6 is 15.9 Å². The molecule has 3 unspecified atom stereocenters. The average Bonchev–Trinajstić information content (AvgIpc) is 2.86. The number of hydrogen-bond donors (Lipinski definition) is 1. The van der Waals surface area contributed by atoms with Crippen LogP contribution in [0.1, 0.15) is 31.2 Å². The molecule has 2 heteroatoms. The van der Waals surface area contributed by atoms with Gasteiger partial charge in [0.15, 0.2) is 0 Å². The third kappa shape index (κ3) is 1.77. The van der Waals surface area contributed by atoms with E-state index >= 15 is 0 Å². The molecule has 1 aromatic rings. The molecule has 2 bridgehead atoms. The number of halogens is 1. The molecule has 16 heavy (non-hydrogen) atoms. The van der Waals surface area contributed by atoms with E-state index in [1.807, 2.05) is 0 Å². The van der Waals surface area contributed by atoms with E-state index in [2.05, 4.69) is 46.4 Å². The van der Waals surface area contributed by atoms with Crippen molar-refractivity contribution in [1.82, 2.24) is 0 Å². The molecule has 0 saturated heterocycles. The van der Waals surface area contributed by atoms with Gasteiger partial charge < -0.3 is 5.32 Å². The monoisotopic (exact) mass is 279 g/mol. The van der Waals surface area contributed by atoms with Gasteiger partial charge in [-0.1, -0.05) is 18.6 Å². The predicted octanol–water partition coefficient (Wildman–Crippen LogP) is 4.36. The molecule has 3 atom stereocenters. The second-order valence-corrected chi connectivity index (χ2v) is 6.16. The van der Waals surface area contributed by atoms with E-state index in [0.29, 0.717) is 0 Å². The third-order valence-electron chi connectivity index (χ3n) is 4.27. The van der Waals surface area contributed by atoms with Gasteiger partial charge in [-0.05, 0) is 65.6 Å². The number of benzene rings is 1. The number of rotatable bonds is 2. The standard InChI is InChI=1S/C14H18BrN/c1-9-3-2-4-12(14(9)15)16-13-8-10-5-6-11(13)7-10/h2-4,10-11,13,16H,5-8H2,1H3. The molecule has 0 aromatic heterocycles. The Morgan fingerprint density at radius 2 is 2.12 bits per heavy atom. The van der Waals surface area contributed by atoms with E-state index < -0.39 is 0 Å². The van der Waals surface area contributed by atoms with Crippen molar-refractivity contribution in [2.45, 2.75) is 38.6 Å². The highest BCUT2D eigenvalue weighted by Crippen LogP contribution is 2.46. The Bertz CT molecular complexity index is 402. The first-order chi connectivity index (χ1) is 7.74. The van der Waals surface area contributed by atoms with Crippen LogP contribution in [-0.2, 0) is 0 Å². The molecule has 1 aromatic carbocycles. The molecule has 2 aliphatic carbocycles. The van der Waals surface area contributed by atoms with Crippen LogP contribution in [0.25, 0.3) is 0 Å². The Labute approximate surface area is 106 Å². The summed E-state index contributed by atoms with van der Waals surface area (Å²) in [4.78, 5) is 0. The molecule has 0 spiro atoms. The van der Waals surface area contributed by atoms with Gasteiger partial charge in [-0.15, -0.1) is 0 Å². The smallest absolute Gasteiger partial charge is 0.0489 e. The van der Waals surface area contributed by atoms with Gasteiger partial charge in [-0.3, -0.25) is 0 Å². The normalized spacial score (nSPS) is 32.0. The largest absolute Gasteiger partial charge is 0.381 e. The summed E-state index contributed by atoms with van der Waals surface area (Å²) in [7, 11) is 0. The summed E-state index contributed by atoms with van der Waals surface area (Å²) in [6, 6.07) is 7.19. The summed E-state index contributed by atoms with van der Waals surface area (Å²) >= 11 is 3.68. The van der Waals surface area contributed by atoms with E-state index in [1.54, 1.807) is 0 Å². The zero-order valence-electron chi connectivity index (χ0n) is 9.67. The molecule has 0 amide bonds. The predicted molar refractivity (Wildman–Crippen MR) is 71.7 cm³/mol. The topological polar surface area (TPSA) is 12.0 Å². The van der Waals surface area contributed by atoms with Crippen molar-refractivity contribution in [3.63, 3.8) is 0 Å². The van der Waals surface area contributed by atoms with Gasteiger partial charge in [0.05, 0.1) is 0 Å². The first-order valence-corrected chi connectivity index (χ1v) is 7.05. The Kier molecular flexibility index (Phi) is 2.70. The van der Waals surface area contributed by atoms with Crippen LogP contribution in [0.15, 0.2) is 22.7 Å². The van der Waals surface area contributed by atoms with Gasteiger partial charge >= 0.3 is 0 Å². The fourth-order valence-corrected chi connectivity index (χ4v) is 3.76. The van der Waals surface area contributed by atoms with Crippen LogP contribution in [0.5, 0.6) is 0 Å². The second kappa shape index (κ2) is 4.06. The fourth-order valence-electron chi connectivity index (χ4n) is 3.38. The van der Waals surface area contributed by atoms with Gasteiger partial charge in [0, 0.05) is 16.2 Å². The van der Waals surface area contributed by atoms with Crippen molar-refractivity contribution >= 4 is 21.6 Å². The minimum Gasteiger partial charge on any atom is -0.381 e. The van der Waals surface area contributed by atoms with Gasteiger partial charge in [-0.25, -0.2) is 0 Å². The molecule has 0 aliphatic heterocycles. The van der Waals surface area contributed by atoms with E-state index in [9.17, 15) is 0 Å². The average molecular weight is 280 g/mol. The number of aryl methyl sites for hydroxylation is 1. The molecule has 2 saturated carbocycles. The van der Waals surface area contributed by atoms with Gasteiger partial charge in [0.1, 0.15) is 0 Å². The summed E-state index contributed by atoms with van der Waals surface area (Å²) in [6.45, 7) is 2.15. The highest BCUT2D eigenvalue weighted by atomic mass is 79.9. The lowest BCUT2D eigenvalue weighted by atomic mass is 9.95. The summed E-state index contributed by atoms with van der Waals surface area (Å²) in [6.07, 6.45) is 5.75. The Morgan fingerprint density at radius 3 is 2.81 bits per heavy atom. The van der Waals surface area contributed by atoms with Crippen LogP contribution in [-0.4, -0.2) is 6.04 Å². The van der Waals surface area contributed by atoms with E-state index in [0.717, 1.165) is 17.9 Å². The summed E-state index contributed by atoms with van der Waals surface area (Å²) in [5, 5.41) is 3.73. The summed E-state index contributed by atoms with van der Waals surface area (Å²) < 4.78 is 1.23. The molecule has 0 radical (unpaired) electrons. The molecule has 0 heterocycles. The SMILES string of the molecule is Cc1cccc(NC2CC3CCC2C3)c1Br. The maximum Gasteiger partial charge on any atom is 0.0489 e. The minimum absolute atomic E-state index is 0.719. The molecular formula is C14H18BrN. The van der Waals surface area contributed by atoms with Crippen molar-refractivity contribution in [2.24, 2.45) is 11.8 Å². The molecule has 86 valence electrons. The molecule has 1 nitrogen and oxygen atoms in total. The number of anilines is 1. The van der Waals surface area contributed by atoms with Crippen LogP contribution in [0, 0.1) is 18.8 Å². The number of nitrogens with one attached hydrogen (secondary N) is 1. The second-order valence-electron chi connectivity index (χ2n) is 5.36. The number of fused-ring (bicyclic) bond motifs is 2. The van der Waals surface area contributed by atoms with E-state index in [-0.39, 0.29) is 0 Å². The molecular weight excluding hydrogens is 262 g/mol. The lowest BCUT2D eigenvalue weighted by Gasteiger charge is -2.25. The maximum atomic E-state index is 3.73. The van der Waals surface area contributed by atoms with Crippen LogP contribution in [0.3, 0.4) is 0 Å². The highest BCUT2D eigenvalue weighted by Gasteiger charge is 2.39. The summed E-state index contributed by atoms with van der Waals surface area (Å²) in [5.74, 6) is 1.93. The maximum absolute atomic E-state index is 3.73. The Hall–Kier alpha value is -0.500. The van der Waals surface area contributed by atoms with Crippen molar-refractivity contribution in [2.75, 3.05) is 5.32 Å². The quantitative estimate of drug-likeness (QED) is 0.848. The molecule has 1 N–H and O–H groups in total. The van der Waals surface area contributed by atoms with Crippen LogP contribution in [0.4, 0.5) is 5.69 Å². The zero-order valence-corrected chi connectivity index (χ0v) is 11.3. The first-order valence-electron chi connectivity index (χ1n) is 6.25.